The lowest BCUT2D eigenvalue weighted by atomic mass is 10.2. The van der Waals surface area contributed by atoms with Crippen LogP contribution >= 0.6 is 0 Å². The molecule has 0 unspecified atom stereocenters. The van der Waals surface area contributed by atoms with Crippen molar-refractivity contribution in [2.24, 2.45) is 5.10 Å². The molecule has 1 amide bonds. The standard InChI is InChI=1S/C15H14N2O2/c1-11-6-8-12(9-7-11)10-16-17-15(19)13-4-2-3-5-14(13)18/h2-10,18H,1H3,(H,17,19)/b16-10-. The van der Waals surface area contributed by atoms with Crippen molar-refractivity contribution >= 4 is 12.1 Å². The third kappa shape index (κ3) is 3.42. The summed E-state index contributed by atoms with van der Waals surface area (Å²) in [5.74, 6) is -0.507. The average molecular weight is 254 g/mol. The normalized spacial score (nSPS) is 10.6. The maximum atomic E-state index is 11.7. The summed E-state index contributed by atoms with van der Waals surface area (Å²) in [6.45, 7) is 2.00. The van der Waals surface area contributed by atoms with Crippen molar-refractivity contribution in [3.63, 3.8) is 0 Å². The van der Waals surface area contributed by atoms with Crippen LogP contribution in [0.25, 0.3) is 0 Å². The molecule has 96 valence electrons. The maximum Gasteiger partial charge on any atom is 0.275 e. The summed E-state index contributed by atoms with van der Waals surface area (Å²) in [4.78, 5) is 11.7. The maximum absolute atomic E-state index is 11.7. The first kappa shape index (κ1) is 12.8. The number of benzene rings is 2. The lowest BCUT2D eigenvalue weighted by Crippen LogP contribution is -2.17. The zero-order valence-corrected chi connectivity index (χ0v) is 10.5. The van der Waals surface area contributed by atoms with E-state index in [0.29, 0.717) is 0 Å². The Morgan fingerprint density at radius 2 is 1.84 bits per heavy atom. The van der Waals surface area contributed by atoms with Crippen molar-refractivity contribution in [3.8, 4) is 5.75 Å². The van der Waals surface area contributed by atoms with E-state index in [4.69, 9.17) is 0 Å². The fourth-order valence-electron chi connectivity index (χ4n) is 1.54. The summed E-state index contributed by atoms with van der Waals surface area (Å²) < 4.78 is 0. The molecule has 0 spiro atoms. The molecule has 0 atom stereocenters. The number of hydrazone groups is 1. The molecule has 0 saturated carbocycles. The first-order valence-electron chi connectivity index (χ1n) is 5.85. The molecule has 2 rings (SSSR count). The molecule has 0 aliphatic heterocycles. The van der Waals surface area contributed by atoms with Crippen molar-refractivity contribution in [3.05, 3.63) is 65.2 Å². The second-order valence-corrected chi connectivity index (χ2v) is 4.13. The summed E-state index contributed by atoms with van der Waals surface area (Å²) in [6, 6.07) is 14.1. The Labute approximate surface area is 111 Å². The average Bonchev–Trinajstić information content (AvgIpc) is 2.41. The molecule has 0 bridgehead atoms. The zero-order chi connectivity index (χ0) is 13.7. The molecule has 0 heterocycles. The van der Waals surface area contributed by atoms with Gasteiger partial charge < -0.3 is 5.11 Å². The number of hydrogen-bond acceptors (Lipinski definition) is 3. The van der Waals surface area contributed by atoms with Gasteiger partial charge in [-0.05, 0) is 24.6 Å². The predicted molar refractivity (Wildman–Crippen MR) is 74.3 cm³/mol. The van der Waals surface area contributed by atoms with Crippen molar-refractivity contribution in [2.75, 3.05) is 0 Å². The van der Waals surface area contributed by atoms with Crippen LogP contribution in [0, 0.1) is 6.92 Å². The summed E-state index contributed by atoms with van der Waals surface area (Å²) in [5, 5.41) is 13.4. The number of phenolic OH excluding ortho intramolecular Hbond substituents is 1. The monoisotopic (exact) mass is 254 g/mol. The number of para-hydroxylation sites is 1. The minimum atomic E-state index is -0.443. The van der Waals surface area contributed by atoms with Crippen LogP contribution in [0.15, 0.2) is 53.6 Å². The molecule has 19 heavy (non-hydrogen) atoms. The van der Waals surface area contributed by atoms with Crippen LogP contribution in [-0.2, 0) is 0 Å². The number of carbonyl (C=O) groups excluding carboxylic acids is 1. The third-order valence-corrected chi connectivity index (χ3v) is 2.61. The van der Waals surface area contributed by atoms with E-state index in [-0.39, 0.29) is 11.3 Å². The fourth-order valence-corrected chi connectivity index (χ4v) is 1.54. The Morgan fingerprint density at radius 3 is 2.53 bits per heavy atom. The number of aryl methyl sites for hydroxylation is 1. The first-order chi connectivity index (χ1) is 9.16. The van der Waals surface area contributed by atoms with Crippen molar-refractivity contribution in [1.82, 2.24) is 5.43 Å². The van der Waals surface area contributed by atoms with Gasteiger partial charge in [-0.3, -0.25) is 4.79 Å². The van der Waals surface area contributed by atoms with Crippen LogP contribution < -0.4 is 5.43 Å². The van der Waals surface area contributed by atoms with Crippen LogP contribution in [0.5, 0.6) is 5.75 Å². The Hall–Kier alpha value is -2.62. The summed E-state index contributed by atoms with van der Waals surface area (Å²) in [5.41, 5.74) is 4.63. The predicted octanol–water partition coefficient (Wildman–Crippen LogP) is 2.46. The number of aromatic hydroxyl groups is 1. The van der Waals surface area contributed by atoms with Gasteiger partial charge in [-0.25, -0.2) is 5.43 Å². The van der Waals surface area contributed by atoms with Gasteiger partial charge in [-0.1, -0.05) is 42.0 Å². The lowest BCUT2D eigenvalue weighted by Gasteiger charge is -2.01. The smallest absolute Gasteiger partial charge is 0.275 e. The first-order valence-corrected chi connectivity index (χ1v) is 5.85. The van der Waals surface area contributed by atoms with Gasteiger partial charge >= 0.3 is 0 Å². The highest BCUT2D eigenvalue weighted by Gasteiger charge is 2.08. The van der Waals surface area contributed by atoms with E-state index in [1.165, 1.54) is 12.1 Å². The molecule has 4 heteroatoms. The van der Waals surface area contributed by atoms with E-state index >= 15 is 0 Å². The number of hydrogen-bond donors (Lipinski definition) is 2. The Kier molecular flexibility index (Phi) is 3.93. The van der Waals surface area contributed by atoms with E-state index in [1.54, 1.807) is 18.3 Å². The van der Waals surface area contributed by atoms with Gasteiger partial charge in [0.05, 0.1) is 11.8 Å². The van der Waals surface area contributed by atoms with Crippen LogP contribution in [0.3, 0.4) is 0 Å². The SMILES string of the molecule is Cc1ccc(/C=N\NC(=O)c2ccccc2O)cc1. The van der Waals surface area contributed by atoms with Gasteiger partial charge in [0.15, 0.2) is 0 Å². The summed E-state index contributed by atoms with van der Waals surface area (Å²) in [7, 11) is 0. The molecule has 0 fully saturated rings. The highest BCUT2D eigenvalue weighted by atomic mass is 16.3. The number of nitrogens with zero attached hydrogens (tertiary/aromatic N) is 1. The molecule has 2 aromatic carbocycles. The molecule has 0 saturated heterocycles. The topological polar surface area (TPSA) is 61.7 Å². The van der Waals surface area contributed by atoms with Gasteiger partial charge in [0.1, 0.15) is 5.75 Å². The van der Waals surface area contributed by atoms with Crippen LogP contribution in [0.4, 0.5) is 0 Å². The van der Waals surface area contributed by atoms with Gasteiger partial charge in [-0.2, -0.15) is 5.10 Å². The molecule has 0 aromatic heterocycles. The Morgan fingerprint density at radius 1 is 1.16 bits per heavy atom. The van der Waals surface area contributed by atoms with Crippen LogP contribution in [-0.4, -0.2) is 17.2 Å². The molecule has 0 aliphatic carbocycles. The number of amides is 1. The van der Waals surface area contributed by atoms with Gasteiger partial charge in [-0.15, -0.1) is 0 Å². The molecule has 0 aliphatic rings. The number of nitrogens with one attached hydrogen (secondary N) is 1. The second kappa shape index (κ2) is 5.82. The second-order valence-electron chi connectivity index (χ2n) is 4.13. The Bertz CT molecular complexity index is 604. The summed E-state index contributed by atoms with van der Waals surface area (Å²) >= 11 is 0. The fraction of sp³-hybridized carbons (Fsp3) is 0.0667. The number of rotatable bonds is 3. The third-order valence-electron chi connectivity index (χ3n) is 2.61. The van der Waals surface area contributed by atoms with Gasteiger partial charge in [0, 0.05) is 0 Å². The van der Waals surface area contributed by atoms with E-state index in [2.05, 4.69) is 10.5 Å². The van der Waals surface area contributed by atoms with Crippen molar-refractivity contribution < 1.29 is 9.90 Å². The van der Waals surface area contributed by atoms with Crippen molar-refractivity contribution in [1.29, 1.82) is 0 Å². The molecular weight excluding hydrogens is 240 g/mol. The minimum Gasteiger partial charge on any atom is -0.507 e. The highest BCUT2D eigenvalue weighted by Crippen LogP contribution is 2.14. The lowest BCUT2D eigenvalue weighted by molar-refractivity contribution is 0.0952. The van der Waals surface area contributed by atoms with Gasteiger partial charge in [0.25, 0.3) is 5.91 Å². The van der Waals surface area contributed by atoms with E-state index in [0.717, 1.165) is 11.1 Å². The van der Waals surface area contributed by atoms with Crippen LogP contribution in [0.2, 0.25) is 0 Å². The molecule has 2 N–H and O–H groups in total. The van der Waals surface area contributed by atoms with Gasteiger partial charge in [0.2, 0.25) is 0 Å². The highest BCUT2D eigenvalue weighted by molar-refractivity contribution is 5.97. The van der Waals surface area contributed by atoms with E-state index in [9.17, 15) is 9.90 Å². The van der Waals surface area contributed by atoms with Crippen LogP contribution in [0.1, 0.15) is 21.5 Å². The molecule has 0 radical (unpaired) electrons. The molecular formula is C15H14N2O2. The molecule has 2 aromatic rings. The molecule has 4 nitrogen and oxygen atoms in total. The quantitative estimate of drug-likeness (QED) is 0.653. The zero-order valence-electron chi connectivity index (χ0n) is 10.5. The van der Waals surface area contributed by atoms with E-state index in [1.807, 2.05) is 31.2 Å². The number of phenols is 1. The number of carbonyl (C=O) groups is 1. The van der Waals surface area contributed by atoms with E-state index < -0.39 is 5.91 Å². The largest absolute Gasteiger partial charge is 0.507 e. The Balaban J connectivity index is 2.01. The van der Waals surface area contributed by atoms with Crippen molar-refractivity contribution in [2.45, 2.75) is 6.92 Å². The summed E-state index contributed by atoms with van der Waals surface area (Å²) in [6.07, 6.45) is 1.55. The minimum absolute atomic E-state index is 0.0643.